The Balaban J connectivity index is 2.34. The lowest BCUT2D eigenvalue weighted by Crippen LogP contribution is -2.45. The van der Waals surface area contributed by atoms with E-state index in [1.54, 1.807) is 32.0 Å². The van der Waals surface area contributed by atoms with Crippen LogP contribution < -0.4 is 5.32 Å². The van der Waals surface area contributed by atoms with Crippen LogP contribution in [-0.4, -0.2) is 67.9 Å². The quantitative estimate of drug-likeness (QED) is 0.609. The number of nitrogens with one attached hydrogen (secondary N) is 1. The van der Waals surface area contributed by atoms with Crippen molar-refractivity contribution in [1.29, 1.82) is 0 Å². The van der Waals surface area contributed by atoms with Gasteiger partial charge in [-0.15, -0.1) is 0 Å². The van der Waals surface area contributed by atoms with E-state index < -0.39 is 11.9 Å². The van der Waals surface area contributed by atoms with Gasteiger partial charge in [0.1, 0.15) is 6.54 Å². The number of nitrogens with zero attached hydrogens (tertiary/aromatic N) is 2. The van der Waals surface area contributed by atoms with E-state index in [0.29, 0.717) is 40.0 Å². The molecule has 1 aromatic carbocycles. The van der Waals surface area contributed by atoms with Crippen molar-refractivity contribution < 1.29 is 19.1 Å². The van der Waals surface area contributed by atoms with E-state index in [0.717, 1.165) is 0 Å². The predicted molar refractivity (Wildman–Crippen MR) is 116 cm³/mol. The zero-order valence-electron chi connectivity index (χ0n) is 17.6. The fourth-order valence-electron chi connectivity index (χ4n) is 3.31. The van der Waals surface area contributed by atoms with Crippen LogP contribution in [0.25, 0.3) is 0 Å². The number of hydrogen-bond acceptors (Lipinski definition) is 5. The van der Waals surface area contributed by atoms with Crippen LogP contribution in [0.15, 0.2) is 29.5 Å². The van der Waals surface area contributed by atoms with Gasteiger partial charge < -0.3 is 19.9 Å². The number of carbonyl (C=O) groups is 3. The van der Waals surface area contributed by atoms with Crippen LogP contribution in [-0.2, 0) is 19.1 Å². The highest BCUT2D eigenvalue weighted by molar-refractivity contribution is 6.42. The first-order chi connectivity index (χ1) is 14.1. The predicted octanol–water partition coefficient (Wildman–Crippen LogP) is 2.82. The number of allylic oxidation sites excluding steroid dienone is 1. The molecule has 7 nitrogen and oxygen atoms in total. The minimum atomic E-state index is -0.528. The second-order valence-electron chi connectivity index (χ2n) is 7.28. The summed E-state index contributed by atoms with van der Waals surface area (Å²) >= 11 is 12.2. The van der Waals surface area contributed by atoms with E-state index in [1.807, 2.05) is 19.0 Å². The normalized spacial score (nSPS) is 16.8. The summed E-state index contributed by atoms with van der Waals surface area (Å²) in [5.41, 5.74) is 1.44. The molecule has 9 heteroatoms. The highest BCUT2D eigenvalue weighted by Crippen LogP contribution is 2.38. The van der Waals surface area contributed by atoms with Crippen LogP contribution in [0.4, 0.5) is 0 Å². The van der Waals surface area contributed by atoms with Crippen molar-refractivity contribution >= 4 is 41.0 Å². The molecule has 0 saturated carbocycles. The number of rotatable bonds is 8. The maximum absolute atomic E-state index is 12.9. The fourth-order valence-corrected chi connectivity index (χ4v) is 3.62. The zero-order chi connectivity index (χ0) is 22.4. The number of carbonyl (C=O) groups excluding carboxylic acids is 3. The standard InChI is InChI=1S/C21H27Cl2N3O4/c1-5-30-21(29)20-13(2)26(12-18(27)24-8-9-25(3)4)19(28)11-15(20)14-6-7-16(22)17(23)10-14/h6-7,10,15H,5,8-9,11-12H2,1-4H3,(H,24,27). The number of hydrogen-bond donors (Lipinski definition) is 1. The van der Waals surface area contributed by atoms with Gasteiger partial charge in [0.15, 0.2) is 0 Å². The van der Waals surface area contributed by atoms with E-state index in [9.17, 15) is 14.4 Å². The highest BCUT2D eigenvalue weighted by atomic mass is 35.5. The van der Waals surface area contributed by atoms with Gasteiger partial charge in [-0.1, -0.05) is 29.3 Å². The van der Waals surface area contributed by atoms with Crippen molar-refractivity contribution in [2.75, 3.05) is 40.3 Å². The minimum Gasteiger partial charge on any atom is -0.463 e. The van der Waals surface area contributed by atoms with Gasteiger partial charge in [-0.05, 0) is 45.6 Å². The van der Waals surface area contributed by atoms with Gasteiger partial charge >= 0.3 is 5.97 Å². The smallest absolute Gasteiger partial charge is 0.336 e. The Morgan fingerprint density at radius 1 is 1.27 bits per heavy atom. The maximum Gasteiger partial charge on any atom is 0.336 e. The van der Waals surface area contributed by atoms with Crippen LogP contribution in [0.3, 0.4) is 0 Å². The second kappa shape index (κ2) is 10.8. The molecule has 0 fully saturated rings. The van der Waals surface area contributed by atoms with E-state index in [4.69, 9.17) is 27.9 Å². The molecule has 1 unspecified atom stereocenters. The number of amides is 2. The molecule has 30 heavy (non-hydrogen) atoms. The molecule has 164 valence electrons. The molecule has 0 aromatic heterocycles. The summed E-state index contributed by atoms with van der Waals surface area (Å²) in [4.78, 5) is 41.2. The van der Waals surface area contributed by atoms with Gasteiger partial charge in [0, 0.05) is 31.1 Å². The molecular weight excluding hydrogens is 429 g/mol. The van der Waals surface area contributed by atoms with Crippen molar-refractivity contribution in [1.82, 2.24) is 15.1 Å². The van der Waals surface area contributed by atoms with Crippen LogP contribution >= 0.6 is 23.2 Å². The average molecular weight is 456 g/mol. The number of likely N-dealkylation sites (N-methyl/N-ethyl adjacent to an activating group) is 1. The lowest BCUT2D eigenvalue weighted by Gasteiger charge is -2.34. The van der Waals surface area contributed by atoms with E-state index in [-0.39, 0.29) is 31.4 Å². The first-order valence-corrected chi connectivity index (χ1v) is 10.5. The van der Waals surface area contributed by atoms with Crippen molar-refractivity contribution in [3.05, 3.63) is 45.1 Å². The Hall–Kier alpha value is -2.09. The number of ether oxygens (including phenoxy) is 1. The minimum absolute atomic E-state index is 0.0222. The molecule has 2 amide bonds. The summed E-state index contributed by atoms with van der Waals surface area (Å²) < 4.78 is 5.24. The highest BCUT2D eigenvalue weighted by Gasteiger charge is 2.37. The van der Waals surface area contributed by atoms with Crippen LogP contribution in [0, 0.1) is 0 Å². The van der Waals surface area contributed by atoms with Crippen LogP contribution in [0.5, 0.6) is 0 Å². The molecule has 1 heterocycles. The Labute approximate surface area is 186 Å². The van der Waals surface area contributed by atoms with E-state index in [2.05, 4.69) is 5.32 Å². The molecule has 1 aliphatic heterocycles. The van der Waals surface area contributed by atoms with Crippen molar-refractivity contribution in [2.45, 2.75) is 26.2 Å². The Morgan fingerprint density at radius 3 is 2.57 bits per heavy atom. The summed E-state index contributed by atoms with van der Waals surface area (Å²) in [5.74, 6) is -1.59. The molecule has 1 aromatic rings. The van der Waals surface area contributed by atoms with Crippen molar-refractivity contribution in [3.63, 3.8) is 0 Å². The third-order valence-electron chi connectivity index (χ3n) is 4.85. The number of halogens is 2. The topological polar surface area (TPSA) is 79.0 Å². The third kappa shape index (κ3) is 5.97. The van der Waals surface area contributed by atoms with E-state index in [1.165, 1.54) is 4.90 Å². The van der Waals surface area contributed by atoms with Crippen LogP contribution in [0.1, 0.15) is 31.7 Å². The SMILES string of the molecule is CCOC(=O)C1=C(C)N(CC(=O)NCCN(C)C)C(=O)CC1c1ccc(Cl)c(Cl)c1. The molecule has 0 spiro atoms. The summed E-state index contributed by atoms with van der Waals surface area (Å²) in [5, 5.41) is 3.51. The molecule has 0 bridgehead atoms. The van der Waals surface area contributed by atoms with E-state index >= 15 is 0 Å². The average Bonchev–Trinajstić information content (AvgIpc) is 2.66. The summed E-state index contributed by atoms with van der Waals surface area (Å²) in [6.45, 7) is 4.56. The molecule has 0 radical (unpaired) electrons. The summed E-state index contributed by atoms with van der Waals surface area (Å²) in [7, 11) is 3.81. The van der Waals surface area contributed by atoms with Crippen molar-refractivity contribution in [2.24, 2.45) is 0 Å². The molecule has 2 rings (SSSR count). The van der Waals surface area contributed by atoms with Gasteiger partial charge in [0.2, 0.25) is 11.8 Å². The Kier molecular flexibility index (Phi) is 8.70. The van der Waals surface area contributed by atoms with Gasteiger partial charge in [-0.3, -0.25) is 9.59 Å². The summed E-state index contributed by atoms with van der Waals surface area (Å²) in [6.07, 6.45) is 0.0222. The fraction of sp³-hybridized carbons (Fsp3) is 0.476. The number of benzene rings is 1. The maximum atomic E-state index is 12.9. The van der Waals surface area contributed by atoms with Gasteiger partial charge in [-0.25, -0.2) is 4.79 Å². The van der Waals surface area contributed by atoms with Gasteiger partial charge in [-0.2, -0.15) is 0 Å². The molecule has 1 aliphatic rings. The first-order valence-electron chi connectivity index (χ1n) is 9.70. The molecule has 0 saturated heterocycles. The molecular formula is C21H27Cl2N3O4. The lowest BCUT2D eigenvalue weighted by atomic mass is 9.83. The number of esters is 1. The second-order valence-corrected chi connectivity index (χ2v) is 8.10. The van der Waals surface area contributed by atoms with Gasteiger partial charge in [0.05, 0.1) is 22.2 Å². The summed E-state index contributed by atoms with van der Waals surface area (Å²) in [6, 6.07) is 5.02. The first kappa shape index (κ1) is 24.2. The Bertz CT molecular complexity index is 855. The third-order valence-corrected chi connectivity index (χ3v) is 5.59. The Morgan fingerprint density at radius 2 is 1.97 bits per heavy atom. The molecule has 1 atom stereocenters. The monoisotopic (exact) mass is 455 g/mol. The molecule has 1 N–H and O–H groups in total. The largest absolute Gasteiger partial charge is 0.463 e. The van der Waals surface area contributed by atoms with Gasteiger partial charge in [0.25, 0.3) is 0 Å². The van der Waals surface area contributed by atoms with Crippen molar-refractivity contribution in [3.8, 4) is 0 Å². The van der Waals surface area contributed by atoms with Crippen LogP contribution in [0.2, 0.25) is 10.0 Å². The molecule has 0 aliphatic carbocycles. The zero-order valence-corrected chi connectivity index (χ0v) is 19.1. The lowest BCUT2D eigenvalue weighted by molar-refractivity contribution is -0.141.